The summed E-state index contributed by atoms with van der Waals surface area (Å²) in [5.74, 6) is 2.11. The molecule has 3 aliphatic rings. The van der Waals surface area contributed by atoms with Gasteiger partial charge >= 0.3 is 0 Å². The van der Waals surface area contributed by atoms with Gasteiger partial charge in [-0.05, 0) is 51.1 Å². The topological polar surface area (TPSA) is 64.6 Å². The highest BCUT2D eigenvalue weighted by molar-refractivity contribution is 5.75. The third-order valence-corrected chi connectivity index (χ3v) is 6.93. The van der Waals surface area contributed by atoms with Crippen LogP contribution in [0.25, 0.3) is 0 Å². The number of nitrogens with one attached hydrogen (secondary N) is 1. The zero-order valence-electron chi connectivity index (χ0n) is 18.6. The van der Waals surface area contributed by atoms with Crippen LogP contribution in [0.1, 0.15) is 64.7 Å². The molecule has 0 aliphatic carbocycles. The Bertz CT molecular complexity index is 690. The van der Waals surface area contributed by atoms with Crippen LogP contribution in [0.5, 0.6) is 0 Å². The van der Waals surface area contributed by atoms with Gasteiger partial charge in [0.05, 0.1) is 0 Å². The SMILES string of the molecule is CCC(=O)N1CCCC(N2CCCC(Nc3nccc(N4CCCCCC4)n3)C2)C1. The average molecular weight is 415 g/mol. The van der Waals surface area contributed by atoms with Gasteiger partial charge in [0.2, 0.25) is 11.9 Å². The van der Waals surface area contributed by atoms with E-state index in [0.29, 0.717) is 24.4 Å². The number of nitrogens with zero attached hydrogens (tertiary/aromatic N) is 5. The van der Waals surface area contributed by atoms with Crippen LogP contribution in [0.2, 0.25) is 0 Å². The Morgan fingerprint density at radius 2 is 1.83 bits per heavy atom. The van der Waals surface area contributed by atoms with Crippen molar-refractivity contribution in [3.05, 3.63) is 12.3 Å². The lowest BCUT2D eigenvalue weighted by molar-refractivity contribution is -0.133. The number of piperidine rings is 2. The van der Waals surface area contributed by atoms with Gasteiger partial charge in [-0.3, -0.25) is 9.69 Å². The molecule has 1 N–H and O–H groups in total. The Kier molecular flexibility index (Phi) is 7.42. The van der Waals surface area contributed by atoms with E-state index in [2.05, 4.69) is 25.0 Å². The van der Waals surface area contributed by atoms with Crippen LogP contribution < -0.4 is 10.2 Å². The zero-order chi connectivity index (χ0) is 20.8. The first-order valence-electron chi connectivity index (χ1n) is 12.1. The first-order chi connectivity index (χ1) is 14.7. The molecule has 3 saturated heterocycles. The van der Waals surface area contributed by atoms with Gasteiger partial charge in [-0.2, -0.15) is 4.98 Å². The minimum Gasteiger partial charge on any atom is -0.356 e. The maximum atomic E-state index is 12.2. The Morgan fingerprint density at radius 1 is 1.03 bits per heavy atom. The van der Waals surface area contributed by atoms with Crippen LogP contribution in [-0.4, -0.2) is 77.0 Å². The Labute approximate surface area is 181 Å². The summed E-state index contributed by atoms with van der Waals surface area (Å²) in [7, 11) is 0. The molecule has 7 heteroatoms. The van der Waals surface area contributed by atoms with E-state index in [0.717, 1.165) is 63.9 Å². The highest BCUT2D eigenvalue weighted by Crippen LogP contribution is 2.23. The molecule has 0 aromatic carbocycles. The largest absolute Gasteiger partial charge is 0.356 e. The van der Waals surface area contributed by atoms with Crippen LogP contribution in [-0.2, 0) is 4.79 Å². The van der Waals surface area contributed by atoms with E-state index in [1.54, 1.807) is 0 Å². The number of carbonyl (C=O) groups is 1. The molecule has 3 aliphatic heterocycles. The molecule has 30 heavy (non-hydrogen) atoms. The van der Waals surface area contributed by atoms with Crippen LogP contribution in [0, 0.1) is 0 Å². The summed E-state index contributed by atoms with van der Waals surface area (Å²) in [5, 5.41) is 3.62. The number of hydrogen-bond acceptors (Lipinski definition) is 6. The lowest BCUT2D eigenvalue weighted by atomic mass is 9.98. The standard InChI is InChI=1S/C23H38N6O/c1-2-22(30)29-16-8-10-20(18-29)28-15-7-9-19(17-28)25-23-24-12-11-21(26-23)27-13-5-3-4-6-14-27/h11-12,19-20H,2-10,13-18H2,1H3,(H,24,25,26). The van der Waals surface area contributed by atoms with Gasteiger partial charge in [-0.25, -0.2) is 4.98 Å². The highest BCUT2D eigenvalue weighted by Gasteiger charge is 2.31. The van der Waals surface area contributed by atoms with Gasteiger partial charge < -0.3 is 15.1 Å². The van der Waals surface area contributed by atoms with Crippen LogP contribution in [0.15, 0.2) is 12.3 Å². The monoisotopic (exact) mass is 414 g/mol. The Balaban J connectivity index is 1.35. The average Bonchev–Trinajstić information content (AvgIpc) is 3.09. The molecule has 7 nitrogen and oxygen atoms in total. The fraction of sp³-hybridized carbons (Fsp3) is 0.783. The quantitative estimate of drug-likeness (QED) is 0.799. The molecule has 0 bridgehead atoms. The highest BCUT2D eigenvalue weighted by atomic mass is 16.2. The van der Waals surface area contributed by atoms with Crippen molar-refractivity contribution in [3.63, 3.8) is 0 Å². The van der Waals surface area contributed by atoms with E-state index in [9.17, 15) is 4.79 Å². The molecular weight excluding hydrogens is 376 g/mol. The molecule has 3 fully saturated rings. The van der Waals surface area contributed by atoms with Crippen molar-refractivity contribution in [2.24, 2.45) is 0 Å². The summed E-state index contributed by atoms with van der Waals surface area (Å²) < 4.78 is 0. The number of likely N-dealkylation sites (tertiary alicyclic amines) is 2. The van der Waals surface area contributed by atoms with E-state index in [4.69, 9.17) is 4.98 Å². The second-order valence-electron chi connectivity index (χ2n) is 9.11. The van der Waals surface area contributed by atoms with Gasteiger partial charge in [0, 0.05) is 57.4 Å². The maximum Gasteiger partial charge on any atom is 0.224 e. The minimum absolute atomic E-state index is 0.296. The second kappa shape index (κ2) is 10.4. The molecule has 0 radical (unpaired) electrons. The smallest absolute Gasteiger partial charge is 0.224 e. The third-order valence-electron chi connectivity index (χ3n) is 6.93. The van der Waals surface area contributed by atoms with Crippen molar-refractivity contribution in [2.75, 3.05) is 49.5 Å². The van der Waals surface area contributed by atoms with Crippen molar-refractivity contribution < 1.29 is 4.79 Å². The molecule has 4 rings (SSSR count). The first kappa shape index (κ1) is 21.3. The van der Waals surface area contributed by atoms with E-state index in [1.165, 1.54) is 38.5 Å². The van der Waals surface area contributed by atoms with E-state index in [1.807, 2.05) is 19.2 Å². The summed E-state index contributed by atoms with van der Waals surface area (Å²) in [6.45, 7) is 8.12. The number of amides is 1. The molecule has 0 spiro atoms. The van der Waals surface area contributed by atoms with Crippen LogP contribution in [0.3, 0.4) is 0 Å². The van der Waals surface area contributed by atoms with Crippen molar-refractivity contribution in [2.45, 2.75) is 76.8 Å². The van der Waals surface area contributed by atoms with Crippen molar-refractivity contribution in [1.82, 2.24) is 19.8 Å². The zero-order valence-corrected chi connectivity index (χ0v) is 18.6. The Hall–Kier alpha value is -1.89. The normalized spacial score (nSPS) is 26.3. The fourth-order valence-corrected chi connectivity index (χ4v) is 5.24. The minimum atomic E-state index is 0.296. The third kappa shape index (κ3) is 5.42. The maximum absolute atomic E-state index is 12.2. The molecule has 1 aromatic rings. The predicted octanol–water partition coefficient (Wildman–Crippen LogP) is 3.13. The van der Waals surface area contributed by atoms with Gasteiger partial charge in [-0.15, -0.1) is 0 Å². The molecule has 4 heterocycles. The van der Waals surface area contributed by atoms with E-state index >= 15 is 0 Å². The van der Waals surface area contributed by atoms with Gasteiger partial charge in [-0.1, -0.05) is 19.8 Å². The summed E-state index contributed by atoms with van der Waals surface area (Å²) in [4.78, 5) is 28.6. The summed E-state index contributed by atoms with van der Waals surface area (Å²) >= 11 is 0. The molecule has 2 unspecified atom stereocenters. The van der Waals surface area contributed by atoms with Crippen LogP contribution >= 0.6 is 0 Å². The summed E-state index contributed by atoms with van der Waals surface area (Å²) in [6, 6.07) is 2.91. The van der Waals surface area contributed by atoms with Gasteiger partial charge in [0.15, 0.2) is 0 Å². The number of hydrogen-bond donors (Lipinski definition) is 1. The molecule has 166 valence electrons. The lowest BCUT2D eigenvalue weighted by Gasteiger charge is -2.43. The van der Waals surface area contributed by atoms with Crippen molar-refractivity contribution in [1.29, 1.82) is 0 Å². The number of anilines is 2. The predicted molar refractivity (Wildman–Crippen MR) is 121 cm³/mol. The molecule has 1 amide bonds. The lowest BCUT2D eigenvalue weighted by Crippen LogP contribution is -2.54. The number of carbonyl (C=O) groups excluding carboxylic acids is 1. The molecule has 1 aromatic heterocycles. The number of aromatic nitrogens is 2. The summed E-state index contributed by atoms with van der Waals surface area (Å²) in [5.41, 5.74) is 0. The van der Waals surface area contributed by atoms with Gasteiger partial charge in [0.1, 0.15) is 5.82 Å². The van der Waals surface area contributed by atoms with E-state index < -0.39 is 0 Å². The molecular formula is C23H38N6O. The van der Waals surface area contributed by atoms with Gasteiger partial charge in [0.25, 0.3) is 0 Å². The molecule has 2 atom stereocenters. The first-order valence-corrected chi connectivity index (χ1v) is 12.1. The van der Waals surface area contributed by atoms with Crippen molar-refractivity contribution in [3.8, 4) is 0 Å². The van der Waals surface area contributed by atoms with Crippen molar-refractivity contribution >= 4 is 17.7 Å². The molecule has 0 saturated carbocycles. The fourth-order valence-electron chi connectivity index (χ4n) is 5.24. The summed E-state index contributed by atoms with van der Waals surface area (Å²) in [6.07, 6.45) is 12.3. The van der Waals surface area contributed by atoms with E-state index in [-0.39, 0.29) is 0 Å². The Morgan fingerprint density at radius 3 is 2.63 bits per heavy atom. The second-order valence-corrected chi connectivity index (χ2v) is 9.11. The number of rotatable bonds is 5. The van der Waals surface area contributed by atoms with Crippen LogP contribution in [0.4, 0.5) is 11.8 Å².